The van der Waals surface area contributed by atoms with E-state index in [1.54, 1.807) is 0 Å². The predicted octanol–water partition coefficient (Wildman–Crippen LogP) is 2.95. The first-order valence-corrected chi connectivity index (χ1v) is 7.69. The van der Waals surface area contributed by atoms with Crippen molar-refractivity contribution in [2.45, 2.75) is 46.1 Å². The molecule has 21 heavy (non-hydrogen) atoms. The molecule has 0 aliphatic carbocycles. The van der Waals surface area contributed by atoms with Crippen LogP contribution in [0.1, 0.15) is 39.7 Å². The van der Waals surface area contributed by atoms with Gasteiger partial charge in [0.15, 0.2) is 0 Å². The third kappa shape index (κ3) is 5.38. The number of benzene rings is 1. The molecule has 0 spiro atoms. The molecular formula is C17H27NO3. The first-order valence-electron chi connectivity index (χ1n) is 7.69. The number of carbonyl (C=O) groups is 1. The molecule has 0 radical (unpaired) electrons. The Labute approximate surface area is 127 Å². The lowest BCUT2D eigenvalue weighted by Crippen LogP contribution is -2.55. The standard InChI is InChI=1S/C17H27NO3/c1-5-11-18-17(4,16(19)20-7-3)13-21-15-10-8-9-14(6-2)12-15/h8-10,12,18H,5-7,11,13H2,1-4H3. The summed E-state index contributed by atoms with van der Waals surface area (Å²) in [4.78, 5) is 12.2. The van der Waals surface area contributed by atoms with Gasteiger partial charge in [0, 0.05) is 0 Å². The summed E-state index contributed by atoms with van der Waals surface area (Å²) in [6.45, 7) is 9.16. The molecule has 1 unspecified atom stereocenters. The Morgan fingerprint density at radius 1 is 1.29 bits per heavy atom. The van der Waals surface area contributed by atoms with Gasteiger partial charge in [-0.25, -0.2) is 4.79 Å². The number of rotatable bonds is 9. The summed E-state index contributed by atoms with van der Waals surface area (Å²) >= 11 is 0. The maximum Gasteiger partial charge on any atom is 0.329 e. The van der Waals surface area contributed by atoms with E-state index >= 15 is 0 Å². The summed E-state index contributed by atoms with van der Waals surface area (Å²) in [5.41, 5.74) is 0.390. The molecule has 1 aromatic rings. The topological polar surface area (TPSA) is 47.6 Å². The minimum absolute atomic E-state index is 0.249. The van der Waals surface area contributed by atoms with Crippen LogP contribution in [0.4, 0.5) is 0 Å². The van der Waals surface area contributed by atoms with Gasteiger partial charge in [-0.15, -0.1) is 0 Å². The highest BCUT2D eigenvalue weighted by molar-refractivity contribution is 5.80. The van der Waals surface area contributed by atoms with Crippen LogP contribution in [0.5, 0.6) is 5.75 Å². The van der Waals surface area contributed by atoms with Gasteiger partial charge < -0.3 is 9.47 Å². The number of ether oxygens (including phenoxy) is 2. The zero-order valence-corrected chi connectivity index (χ0v) is 13.6. The quantitative estimate of drug-likeness (QED) is 0.711. The van der Waals surface area contributed by atoms with Crippen molar-refractivity contribution in [3.05, 3.63) is 29.8 Å². The highest BCUT2D eigenvalue weighted by atomic mass is 16.5. The lowest BCUT2D eigenvalue weighted by molar-refractivity contribution is -0.151. The fraction of sp³-hybridized carbons (Fsp3) is 0.588. The van der Waals surface area contributed by atoms with E-state index in [1.165, 1.54) is 5.56 Å². The minimum Gasteiger partial charge on any atom is -0.491 e. The van der Waals surface area contributed by atoms with Crippen molar-refractivity contribution in [2.75, 3.05) is 19.8 Å². The molecule has 1 aromatic carbocycles. The van der Waals surface area contributed by atoms with Crippen LogP contribution >= 0.6 is 0 Å². The van der Waals surface area contributed by atoms with Crippen molar-refractivity contribution in [3.63, 3.8) is 0 Å². The molecule has 1 rings (SSSR count). The maximum absolute atomic E-state index is 12.2. The zero-order chi connectivity index (χ0) is 15.7. The van der Waals surface area contributed by atoms with Gasteiger partial charge in [-0.1, -0.05) is 26.0 Å². The van der Waals surface area contributed by atoms with E-state index in [9.17, 15) is 4.79 Å². The Morgan fingerprint density at radius 3 is 2.67 bits per heavy atom. The van der Waals surface area contributed by atoms with E-state index < -0.39 is 5.54 Å². The minimum atomic E-state index is -0.825. The Hall–Kier alpha value is -1.55. The smallest absolute Gasteiger partial charge is 0.329 e. The van der Waals surface area contributed by atoms with Crippen molar-refractivity contribution >= 4 is 5.97 Å². The number of esters is 1. The van der Waals surface area contributed by atoms with E-state index in [2.05, 4.69) is 25.2 Å². The largest absolute Gasteiger partial charge is 0.491 e. The monoisotopic (exact) mass is 293 g/mol. The Kier molecular flexibility index (Phi) is 7.23. The number of aryl methyl sites for hydroxylation is 1. The fourth-order valence-electron chi connectivity index (χ4n) is 1.96. The third-order valence-corrected chi connectivity index (χ3v) is 3.33. The molecule has 0 bridgehead atoms. The Morgan fingerprint density at radius 2 is 2.05 bits per heavy atom. The Bertz CT molecular complexity index is 447. The van der Waals surface area contributed by atoms with E-state index in [4.69, 9.17) is 9.47 Å². The van der Waals surface area contributed by atoms with Crippen LogP contribution in [0.2, 0.25) is 0 Å². The maximum atomic E-state index is 12.2. The van der Waals surface area contributed by atoms with Gasteiger partial charge in [-0.3, -0.25) is 5.32 Å². The van der Waals surface area contributed by atoms with Crippen molar-refractivity contribution in [1.82, 2.24) is 5.32 Å². The number of hydrogen-bond donors (Lipinski definition) is 1. The van der Waals surface area contributed by atoms with Crippen LogP contribution in [0.25, 0.3) is 0 Å². The molecule has 118 valence electrons. The van der Waals surface area contributed by atoms with Crippen molar-refractivity contribution in [1.29, 1.82) is 0 Å². The Balaban J connectivity index is 2.73. The lowest BCUT2D eigenvalue weighted by Gasteiger charge is -2.28. The molecule has 0 aromatic heterocycles. The van der Waals surface area contributed by atoms with Crippen molar-refractivity contribution in [3.8, 4) is 5.75 Å². The molecular weight excluding hydrogens is 266 g/mol. The number of nitrogens with one attached hydrogen (secondary N) is 1. The van der Waals surface area contributed by atoms with Crippen LogP contribution < -0.4 is 10.1 Å². The second kappa shape index (κ2) is 8.67. The summed E-state index contributed by atoms with van der Waals surface area (Å²) in [6.07, 6.45) is 1.90. The highest BCUT2D eigenvalue weighted by Crippen LogP contribution is 2.16. The van der Waals surface area contributed by atoms with Gasteiger partial charge in [-0.2, -0.15) is 0 Å². The number of hydrogen-bond acceptors (Lipinski definition) is 4. The fourth-order valence-corrected chi connectivity index (χ4v) is 1.96. The molecule has 4 nitrogen and oxygen atoms in total. The molecule has 0 saturated heterocycles. The second-order valence-corrected chi connectivity index (χ2v) is 5.27. The molecule has 1 N–H and O–H groups in total. The van der Waals surface area contributed by atoms with E-state index in [1.807, 2.05) is 32.0 Å². The molecule has 0 amide bonds. The predicted molar refractivity (Wildman–Crippen MR) is 84.6 cm³/mol. The van der Waals surface area contributed by atoms with Gasteiger partial charge in [0.25, 0.3) is 0 Å². The first kappa shape index (κ1) is 17.5. The normalized spacial score (nSPS) is 13.5. The highest BCUT2D eigenvalue weighted by Gasteiger charge is 2.35. The summed E-state index contributed by atoms with van der Waals surface area (Å²) < 4.78 is 11.0. The van der Waals surface area contributed by atoms with Crippen LogP contribution in [0, 0.1) is 0 Å². The molecule has 0 aliphatic heterocycles. The van der Waals surface area contributed by atoms with Crippen molar-refractivity contribution in [2.24, 2.45) is 0 Å². The van der Waals surface area contributed by atoms with Crippen LogP contribution in [0.15, 0.2) is 24.3 Å². The van der Waals surface area contributed by atoms with Crippen LogP contribution in [0.3, 0.4) is 0 Å². The molecule has 1 atom stereocenters. The van der Waals surface area contributed by atoms with E-state index in [0.29, 0.717) is 6.61 Å². The van der Waals surface area contributed by atoms with Crippen molar-refractivity contribution < 1.29 is 14.3 Å². The van der Waals surface area contributed by atoms with Crippen LogP contribution in [-0.2, 0) is 16.0 Å². The molecule has 0 aliphatic rings. The average molecular weight is 293 g/mol. The molecule has 4 heteroatoms. The van der Waals surface area contributed by atoms with Gasteiger partial charge in [0.2, 0.25) is 0 Å². The van der Waals surface area contributed by atoms with Gasteiger partial charge in [0.1, 0.15) is 17.9 Å². The SMILES string of the molecule is CCCNC(C)(COc1cccc(CC)c1)C(=O)OCC. The second-order valence-electron chi connectivity index (χ2n) is 5.27. The molecule has 0 fully saturated rings. The average Bonchev–Trinajstić information content (AvgIpc) is 2.51. The molecule has 0 heterocycles. The summed E-state index contributed by atoms with van der Waals surface area (Å²) in [5, 5.41) is 3.23. The zero-order valence-electron chi connectivity index (χ0n) is 13.6. The van der Waals surface area contributed by atoms with Gasteiger partial charge in [-0.05, 0) is 50.9 Å². The van der Waals surface area contributed by atoms with Gasteiger partial charge in [0.05, 0.1) is 6.61 Å². The van der Waals surface area contributed by atoms with E-state index in [0.717, 1.165) is 25.1 Å². The third-order valence-electron chi connectivity index (χ3n) is 3.33. The molecule has 0 saturated carbocycles. The first-order chi connectivity index (χ1) is 10.1. The van der Waals surface area contributed by atoms with Gasteiger partial charge >= 0.3 is 5.97 Å². The summed E-state index contributed by atoms with van der Waals surface area (Å²) in [7, 11) is 0. The summed E-state index contributed by atoms with van der Waals surface area (Å²) in [5.74, 6) is 0.508. The lowest BCUT2D eigenvalue weighted by atomic mass is 10.0. The summed E-state index contributed by atoms with van der Waals surface area (Å²) in [6, 6.07) is 7.94. The number of carbonyl (C=O) groups excluding carboxylic acids is 1. The van der Waals surface area contributed by atoms with E-state index in [-0.39, 0.29) is 12.6 Å². The van der Waals surface area contributed by atoms with Crippen LogP contribution in [-0.4, -0.2) is 31.3 Å².